The molecular weight excluding hydrogens is 550 g/mol. The van der Waals surface area contributed by atoms with Crippen LogP contribution in [0.15, 0.2) is 164 Å². The topological polar surface area (TPSA) is 38.9 Å². The zero-order valence-corrected chi connectivity index (χ0v) is 24.3. The molecule has 0 N–H and O–H groups in total. The predicted octanol–water partition coefficient (Wildman–Crippen LogP) is 10.1. The fourth-order valence-corrected chi connectivity index (χ4v) is 6.69. The lowest BCUT2D eigenvalue weighted by molar-refractivity contribution is 1.08. The number of rotatable bonds is 5. The molecule has 0 aliphatic carbocycles. The molecule has 45 heavy (non-hydrogen) atoms. The second-order valence-electron chi connectivity index (χ2n) is 11.2. The van der Waals surface area contributed by atoms with Crippen LogP contribution in [0.3, 0.4) is 0 Å². The number of pyridine rings is 2. The first-order chi connectivity index (χ1) is 22.3. The van der Waals surface area contributed by atoms with Crippen LogP contribution in [0.5, 0.6) is 0 Å². The van der Waals surface area contributed by atoms with E-state index in [2.05, 4.69) is 141 Å². The predicted molar refractivity (Wildman–Crippen MR) is 185 cm³/mol. The molecule has 0 fully saturated rings. The lowest BCUT2D eigenvalue weighted by atomic mass is 10.1. The number of hydrogen-bond acceptors (Lipinski definition) is 3. The molecule has 0 spiro atoms. The summed E-state index contributed by atoms with van der Waals surface area (Å²) in [6.45, 7) is 0. The third-order valence-corrected chi connectivity index (χ3v) is 8.60. The number of anilines is 3. The van der Waals surface area contributed by atoms with Crippen LogP contribution in [-0.4, -0.2) is 19.1 Å². The average Bonchev–Trinajstić information content (AvgIpc) is 3.62. The van der Waals surface area contributed by atoms with Gasteiger partial charge in [0.15, 0.2) is 0 Å². The molecule has 4 heterocycles. The first-order valence-electron chi connectivity index (χ1n) is 15.1. The van der Waals surface area contributed by atoms with Crippen LogP contribution in [-0.2, 0) is 0 Å². The maximum Gasteiger partial charge on any atom is 0.137 e. The molecule has 212 valence electrons. The van der Waals surface area contributed by atoms with Gasteiger partial charge in [-0.25, -0.2) is 9.97 Å². The molecule has 4 aromatic heterocycles. The maximum atomic E-state index is 4.75. The maximum absolute atomic E-state index is 4.75. The van der Waals surface area contributed by atoms with Crippen LogP contribution in [0, 0.1) is 0 Å². The Hall–Kier alpha value is -6.20. The van der Waals surface area contributed by atoms with Crippen molar-refractivity contribution in [2.45, 2.75) is 0 Å². The van der Waals surface area contributed by atoms with E-state index in [0.717, 1.165) is 50.8 Å². The number of fused-ring (bicyclic) bond motifs is 6. The van der Waals surface area contributed by atoms with E-state index in [4.69, 9.17) is 9.97 Å². The third kappa shape index (κ3) is 4.02. The van der Waals surface area contributed by atoms with E-state index in [1.54, 1.807) is 0 Å². The summed E-state index contributed by atoms with van der Waals surface area (Å²) < 4.78 is 4.53. The quantitative estimate of drug-likeness (QED) is 0.204. The SMILES string of the molecule is c1ccc(N(c2ccc3c4ccccc4n(-c4ccccn4)c3c2)c2ccc3c4ccccc4n(-c4ccccn4)c3c2)cc1. The summed E-state index contributed by atoms with van der Waals surface area (Å²) >= 11 is 0. The van der Waals surface area contributed by atoms with Gasteiger partial charge in [-0.2, -0.15) is 0 Å². The molecular formula is C40H27N5. The van der Waals surface area contributed by atoms with E-state index in [1.165, 1.54) is 21.5 Å². The van der Waals surface area contributed by atoms with E-state index >= 15 is 0 Å². The van der Waals surface area contributed by atoms with Crippen molar-refractivity contribution in [3.05, 3.63) is 164 Å². The van der Waals surface area contributed by atoms with Crippen LogP contribution in [0.2, 0.25) is 0 Å². The van der Waals surface area contributed by atoms with Gasteiger partial charge in [0.2, 0.25) is 0 Å². The van der Waals surface area contributed by atoms with Crippen molar-refractivity contribution >= 4 is 60.7 Å². The molecule has 0 atom stereocenters. The van der Waals surface area contributed by atoms with E-state index in [-0.39, 0.29) is 0 Å². The first kappa shape index (κ1) is 25.3. The molecule has 0 aliphatic rings. The fourth-order valence-electron chi connectivity index (χ4n) is 6.69. The molecule has 0 aliphatic heterocycles. The molecule has 5 nitrogen and oxygen atoms in total. The molecule has 0 bridgehead atoms. The Morgan fingerprint density at radius 2 is 0.800 bits per heavy atom. The van der Waals surface area contributed by atoms with Crippen molar-refractivity contribution in [3.8, 4) is 11.6 Å². The molecule has 9 rings (SSSR count). The largest absolute Gasteiger partial charge is 0.310 e. The van der Waals surface area contributed by atoms with Gasteiger partial charge >= 0.3 is 0 Å². The highest BCUT2D eigenvalue weighted by Gasteiger charge is 2.20. The van der Waals surface area contributed by atoms with Crippen molar-refractivity contribution in [1.29, 1.82) is 0 Å². The Morgan fingerprint density at radius 1 is 0.356 bits per heavy atom. The Bertz CT molecular complexity index is 2320. The second-order valence-corrected chi connectivity index (χ2v) is 11.2. The van der Waals surface area contributed by atoms with Crippen molar-refractivity contribution in [2.24, 2.45) is 0 Å². The molecule has 5 heteroatoms. The highest BCUT2D eigenvalue weighted by Crippen LogP contribution is 2.41. The smallest absolute Gasteiger partial charge is 0.137 e. The summed E-state index contributed by atoms with van der Waals surface area (Å²) in [7, 11) is 0. The molecule has 0 amide bonds. The van der Waals surface area contributed by atoms with Crippen molar-refractivity contribution in [3.63, 3.8) is 0 Å². The Labute approximate surface area is 259 Å². The highest BCUT2D eigenvalue weighted by atomic mass is 15.2. The van der Waals surface area contributed by atoms with Crippen molar-refractivity contribution in [2.75, 3.05) is 4.90 Å². The highest BCUT2D eigenvalue weighted by molar-refractivity contribution is 6.12. The summed E-state index contributed by atoms with van der Waals surface area (Å²) in [5.41, 5.74) is 7.69. The van der Waals surface area contributed by atoms with Gasteiger partial charge in [0.1, 0.15) is 11.6 Å². The molecule has 0 unspecified atom stereocenters. The van der Waals surface area contributed by atoms with E-state index in [9.17, 15) is 0 Å². The Morgan fingerprint density at radius 3 is 1.29 bits per heavy atom. The van der Waals surface area contributed by atoms with Crippen molar-refractivity contribution in [1.82, 2.24) is 19.1 Å². The number of para-hydroxylation sites is 3. The van der Waals surface area contributed by atoms with Gasteiger partial charge in [0.05, 0.1) is 22.1 Å². The summed E-state index contributed by atoms with van der Waals surface area (Å²) in [5.74, 6) is 1.79. The lowest BCUT2D eigenvalue weighted by Gasteiger charge is -2.26. The zero-order chi connectivity index (χ0) is 29.7. The lowest BCUT2D eigenvalue weighted by Crippen LogP contribution is -2.10. The van der Waals surface area contributed by atoms with Gasteiger partial charge in [0, 0.05) is 51.0 Å². The summed E-state index contributed by atoms with van der Waals surface area (Å²) in [6.07, 6.45) is 3.71. The molecule has 0 radical (unpaired) electrons. The number of nitrogens with zero attached hydrogens (tertiary/aromatic N) is 5. The van der Waals surface area contributed by atoms with Crippen LogP contribution in [0.1, 0.15) is 0 Å². The summed E-state index contributed by atoms with van der Waals surface area (Å²) in [6, 6.07) is 53.3. The number of aromatic nitrogens is 4. The standard InChI is InChI=1S/C40H27N5/c1-2-12-28(13-3-1)43(29-20-22-33-31-14-4-6-16-35(31)44(37(33)26-29)39-18-8-10-24-41-39)30-21-23-34-32-15-5-7-17-36(32)45(38(34)27-30)40-19-9-11-25-42-40/h1-27H. The van der Waals surface area contributed by atoms with E-state index < -0.39 is 0 Å². The van der Waals surface area contributed by atoms with Gasteiger partial charge in [0.25, 0.3) is 0 Å². The molecule has 0 saturated heterocycles. The minimum Gasteiger partial charge on any atom is -0.310 e. The van der Waals surface area contributed by atoms with Crippen LogP contribution < -0.4 is 4.90 Å². The molecule has 5 aromatic carbocycles. The minimum absolute atomic E-state index is 0.897. The fraction of sp³-hybridized carbons (Fsp3) is 0. The molecule has 9 aromatic rings. The first-order valence-corrected chi connectivity index (χ1v) is 15.1. The van der Waals surface area contributed by atoms with Crippen LogP contribution in [0.4, 0.5) is 17.1 Å². The monoisotopic (exact) mass is 577 g/mol. The van der Waals surface area contributed by atoms with Crippen LogP contribution in [0.25, 0.3) is 55.2 Å². The van der Waals surface area contributed by atoms with Crippen LogP contribution >= 0.6 is 0 Å². The summed E-state index contributed by atoms with van der Waals surface area (Å²) in [4.78, 5) is 11.8. The normalized spacial score (nSPS) is 11.6. The van der Waals surface area contributed by atoms with Gasteiger partial charge in [-0.15, -0.1) is 0 Å². The van der Waals surface area contributed by atoms with E-state index in [1.807, 2.05) is 36.7 Å². The Kier molecular flexibility index (Phi) is 5.74. The van der Waals surface area contributed by atoms with E-state index in [0.29, 0.717) is 0 Å². The Balaban J connectivity index is 1.32. The second kappa shape index (κ2) is 10.2. The number of hydrogen-bond donors (Lipinski definition) is 0. The molecule has 0 saturated carbocycles. The van der Waals surface area contributed by atoms with Gasteiger partial charge in [-0.1, -0.05) is 78.9 Å². The van der Waals surface area contributed by atoms with Gasteiger partial charge in [-0.3, -0.25) is 9.13 Å². The zero-order valence-electron chi connectivity index (χ0n) is 24.3. The van der Waals surface area contributed by atoms with Gasteiger partial charge in [-0.05, 0) is 72.8 Å². The van der Waals surface area contributed by atoms with Crippen molar-refractivity contribution < 1.29 is 0 Å². The summed E-state index contributed by atoms with van der Waals surface area (Å²) in [5, 5.41) is 4.80. The minimum atomic E-state index is 0.897. The number of benzene rings is 5. The third-order valence-electron chi connectivity index (χ3n) is 8.60. The average molecular weight is 578 g/mol. The van der Waals surface area contributed by atoms with Gasteiger partial charge < -0.3 is 4.90 Å².